The quantitative estimate of drug-likeness (QED) is 0.0624. The molecule has 0 spiro atoms. The van der Waals surface area contributed by atoms with Gasteiger partial charge in [0.25, 0.3) is 5.91 Å². The van der Waals surface area contributed by atoms with Gasteiger partial charge >= 0.3 is 0 Å². The monoisotopic (exact) mass is 969 g/mol. The summed E-state index contributed by atoms with van der Waals surface area (Å²) in [5, 5.41) is 12.8. The van der Waals surface area contributed by atoms with Crippen LogP contribution in [0.15, 0.2) is 164 Å². The third-order valence-electron chi connectivity index (χ3n) is 12.0. The standard InChI is InChI=1S/C55H48FN7O7S/c1-35-26-39(27-49(64)58-41-19-21-43-40(28-41)29-48(68-32-36-12-6-3-7-13-36)54(52(43)56)63-31-50(65)61-71(63,66)67)18-24-46(35)57-42-20-22-44-47(30-42)62(2)60-53(44)45-23-25-51(69-33-37-14-8-4-9-15-37)59-55(45)70-34-38-16-10-5-11-17-38/h3-26,28-30,57,66-67H,27,31-34H2,1-2H3,(H,58,64)(H,61,65). The zero-order valence-corrected chi connectivity index (χ0v) is 39.5. The SMILES string of the molecule is Cc1cc(CC(=O)Nc2ccc3c(F)c(N4CC(=O)NS4(O)O)c(OCc4ccccc4)cc3c2)ccc1Nc1ccc2c(-c3ccc(OCc4ccccc4)nc3OCc3ccccc3)nn(C)c2c1. The Labute approximate surface area is 410 Å². The van der Waals surface area contributed by atoms with E-state index in [1.807, 2.05) is 158 Å². The lowest BCUT2D eigenvalue weighted by molar-refractivity contribution is -0.117. The Balaban J connectivity index is 0.837. The average molecular weight is 970 g/mol. The van der Waals surface area contributed by atoms with Crippen molar-refractivity contribution in [3.8, 4) is 28.8 Å². The summed E-state index contributed by atoms with van der Waals surface area (Å²) < 4.78 is 61.0. The second kappa shape index (κ2) is 19.9. The van der Waals surface area contributed by atoms with Crippen LogP contribution in [0.25, 0.3) is 32.9 Å². The fourth-order valence-corrected chi connectivity index (χ4v) is 9.66. The zero-order valence-electron chi connectivity index (χ0n) is 38.6. The number of aromatic nitrogens is 3. The van der Waals surface area contributed by atoms with Crippen molar-refractivity contribution in [2.24, 2.45) is 7.05 Å². The van der Waals surface area contributed by atoms with Crippen LogP contribution in [0.3, 0.4) is 0 Å². The molecular formula is C55H48FN7O7S. The highest BCUT2D eigenvalue weighted by molar-refractivity contribution is 8.24. The summed E-state index contributed by atoms with van der Waals surface area (Å²) in [6, 6.07) is 50.9. The molecular weight excluding hydrogens is 922 g/mol. The molecule has 1 saturated heterocycles. The highest BCUT2D eigenvalue weighted by Crippen LogP contribution is 2.51. The Morgan fingerprint density at radius 1 is 0.732 bits per heavy atom. The molecule has 7 aromatic carbocycles. The normalized spacial score (nSPS) is 13.5. The molecule has 1 fully saturated rings. The van der Waals surface area contributed by atoms with Crippen LogP contribution in [0.4, 0.5) is 27.1 Å². The second-order valence-electron chi connectivity index (χ2n) is 17.1. The maximum Gasteiger partial charge on any atom is 0.260 e. The summed E-state index contributed by atoms with van der Waals surface area (Å²) in [7, 11) is -1.96. The lowest BCUT2D eigenvalue weighted by Crippen LogP contribution is -2.26. The van der Waals surface area contributed by atoms with Crippen molar-refractivity contribution in [3.63, 3.8) is 0 Å². The topological polar surface area (TPSA) is 172 Å². The van der Waals surface area contributed by atoms with Crippen molar-refractivity contribution in [1.29, 1.82) is 0 Å². The zero-order chi connectivity index (χ0) is 49.1. The van der Waals surface area contributed by atoms with Crippen molar-refractivity contribution >= 4 is 67.2 Å². The molecule has 0 saturated carbocycles. The van der Waals surface area contributed by atoms with Crippen LogP contribution >= 0.6 is 11.0 Å². The number of hydrogen-bond acceptors (Lipinski definition) is 11. The van der Waals surface area contributed by atoms with E-state index in [2.05, 4.69) is 15.4 Å². The number of aryl methyl sites for hydroxylation is 2. The van der Waals surface area contributed by atoms with Crippen molar-refractivity contribution in [2.75, 3.05) is 21.5 Å². The number of nitrogens with zero attached hydrogens (tertiary/aromatic N) is 4. The first kappa shape index (κ1) is 46.3. The predicted molar refractivity (Wildman–Crippen MR) is 275 cm³/mol. The maximum absolute atomic E-state index is 16.4. The Hall–Kier alpha value is -8.44. The Kier molecular flexibility index (Phi) is 13.0. The molecule has 0 atom stereocenters. The van der Waals surface area contributed by atoms with Gasteiger partial charge in [-0.05, 0) is 106 Å². The number of amides is 2. The third-order valence-corrected chi connectivity index (χ3v) is 13.4. The van der Waals surface area contributed by atoms with Crippen LogP contribution in [0, 0.1) is 12.7 Å². The van der Waals surface area contributed by atoms with Crippen molar-refractivity contribution in [2.45, 2.75) is 33.2 Å². The molecule has 2 aromatic heterocycles. The fraction of sp³-hybridized carbons (Fsp3) is 0.127. The summed E-state index contributed by atoms with van der Waals surface area (Å²) in [5.41, 5.74) is 8.75. The highest BCUT2D eigenvalue weighted by atomic mass is 32.3. The highest BCUT2D eigenvalue weighted by Gasteiger charge is 2.39. The molecule has 1 aliphatic rings. The van der Waals surface area contributed by atoms with E-state index in [0.29, 0.717) is 36.0 Å². The van der Waals surface area contributed by atoms with Gasteiger partial charge in [0, 0.05) is 40.9 Å². The van der Waals surface area contributed by atoms with E-state index >= 15 is 4.39 Å². The molecule has 10 rings (SSSR count). The number of carbonyl (C=O) groups is 2. The summed E-state index contributed by atoms with van der Waals surface area (Å²) in [6.07, 6.45) is 0.0710. The minimum absolute atomic E-state index is 0.00337. The number of rotatable bonds is 16. The largest absolute Gasteiger partial charge is 0.487 e. The van der Waals surface area contributed by atoms with E-state index in [-0.39, 0.29) is 35.8 Å². The number of halogens is 1. The number of hydrogen-bond donors (Lipinski definition) is 5. The molecule has 16 heteroatoms. The van der Waals surface area contributed by atoms with Gasteiger partial charge in [-0.3, -0.25) is 23.4 Å². The Bertz CT molecular complexity index is 3430. The lowest BCUT2D eigenvalue weighted by atomic mass is 10.0. The van der Waals surface area contributed by atoms with Crippen molar-refractivity contribution < 1.29 is 37.3 Å². The fourth-order valence-electron chi connectivity index (χ4n) is 8.46. The Morgan fingerprint density at radius 3 is 2.04 bits per heavy atom. The molecule has 358 valence electrons. The van der Waals surface area contributed by atoms with Gasteiger partial charge in [-0.25, -0.2) is 13.4 Å². The van der Waals surface area contributed by atoms with E-state index in [9.17, 15) is 18.7 Å². The van der Waals surface area contributed by atoms with Gasteiger partial charge in [-0.2, -0.15) is 10.1 Å². The molecule has 0 unspecified atom stereocenters. The smallest absolute Gasteiger partial charge is 0.260 e. The minimum atomic E-state index is -3.86. The molecule has 3 heterocycles. The molecule has 0 aliphatic carbocycles. The number of carbonyl (C=O) groups excluding carboxylic acids is 2. The van der Waals surface area contributed by atoms with E-state index in [1.54, 1.807) is 18.2 Å². The van der Waals surface area contributed by atoms with Gasteiger partial charge < -0.3 is 24.8 Å². The van der Waals surface area contributed by atoms with Gasteiger partial charge in [0.2, 0.25) is 17.7 Å². The maximum atomic E-state index is 16.4. The number of anilines is 4. The van der Waals surface area contributed by atoms with Crippen LogP contribution in [0.2, 0.25) is 0 Å². The molecule has 0 radical (unpaired) electrons. The first-order chi connectivity index (χ1) is 34.4. The first-order valence-electron chi connectivity index (χ1n) is 22.7. The molecule has 1 aliphatic heterocycles. The van der Waals surface area contributed by atoms with Gasteiger partial charge in [0.1, 0.15) is 43.5 Å². The third kappa shape index (κ3) is 10.3. The summed E-state index contributed by atoms with van der Waals surface area (Å²) in [6.45, 7) is 2.22. The van der Waals surface area contributed by atoms with Crippen LogP contribution in [-0.2, 0) is 42.9 Å². The lowest BCUT2D eigenvalue weighted by Gasteiger charge is -2.37. The summed E-state index contributed by atoms with van der Waals surface area (Å²) in [4.78, 5) is 30.5. The number of nitrogens with one attached hydrogen (secondary N) is 3. The number of pyridine rings is 1. The van der Waals surface area contributed by atoms with Crippen molar-refractivity contribution in [3.05, 3.63) is 197 Å². The van der Waals surface area contributed by atoms with E-state index in [4.69, 9.17) is 24.3 Å². The average Bonchev–Trinajstić information content (AvgIpc) is 3.85. The molecule has 5 N–H and O–H groups in total. The van der Waals surface area contributed by atoms with E-state index in [1.165, 1.54) is 6.07 Å². The molecule has 14 nitrogen and oxygen atoms in total. The van der Waals surface area contributed by atoms with Gasteiger partial charge in [-0.15, -0.1) is 0 Å². The molecule has 2 amide bonds. The van der Waals surface area contributed by atoms with Crippen LogP contribution < -0.4 is 33.9 Å². The van der Waals surface area contributed by atoms with Gasteiger partial charge in [0.05, 0.1) is 17.5 Å². The number of fused-ring (bicyclic) bond motifs is 2. The summed E-state index contributed by atoms with van der Waals surface area (Å²) >= 11 is 0. The van der Waals surface area contributed by atoms with Crippen LogP contribution in [-0.4, -0.2) is 42.2 Å². The summed E-state index contributed by atoms with van der Waals surface area (Å²) in [5.74, 6) is -0.914. The van der Waals surface area contributed by atoms with E-state index < -0.39 is 29.2 Å². The number of ether oxygens (including phenoxy) is 3. The van der Waals surface area contributed by atoms with Gasteiger partial charge in [0.15, 0.2) is 5.82 Å². The van der Waals surface area contributed by atoms with E-state index in [0.717, 1.165) is 65.7 Å². The molecule has 9 aromatic rings. The number of benzene rings is 7. The van der Waals surface area contributed by atoms with Crippen LogP contribution in [0.1, 0.15) is 27.8 Å². The van der Waals surface area contributed by atoms with Crippen LogP contribution in [0.5, 0.6) is 17.5 Å². The van der Waals surface area contributed by atoms with Gasteiger partial charge in [-0.1, -0.05) is 103 Å². The first-order valence-corrected chi connectivity index (χ1v) is 24.2. The second-order valence-corrected chi connectivity index (χ2v) is 18.8. The molecule has 0 bridgehead atoms. The Morgan fingerprint density at radius 2 is 1.38 bits per heavy atom. The predicted octanol–water partition coefficient (Wildman–Crippen LogP) is 11.4. The van der Waals surface area contributed by atoms with Crippen molar-refractivity contribution in [1.82, 2.24) is 19.5 Å². The molecule has 71 heavy (non-hydrogen) atoms. The minimum Gasteiger partial charge on any atom is -0.487 e.